The molecule has 0 aromatic heterocycles. The van der Waals surface area contributed by atoms with Crippen LogP contribution in [0.5, 0.6) is 0 Å². The number of carbonyl (C=O) groups excluding carboxylic acids is 4. The molecule has 10 nitrogen and oxygen atoms in total. The molecule has 2 aromatic carbocycles. The summed E-state index contributed by atoms with van der Waals surface area (Å²) in [5.74, 6) is -1.75. The van der Waals surface area contributed by atoms with Gasteiger partial charge in [0.25, 0.3) is 0 Å². The maximum atomic E-state index is 13.6. The van der Waals surface area contributed by atoms with E-state index in [1.165, 1.54) is 0 Å². The molecule has 2 aliphatic rings. The second-order valence-corrected chi connectivity index (χ2v) is 11.2. The van der Waals surface area contributed by atoms with Gasteiger partial charge in [-0.1, -0.05) is 85.7 Å². The second-order valence-electron chi connectivity index (χ2n) is 11.2. The molecule has 0 bridgehead atoms. The molecule has 4 rings (SSSR count). The molecule has 3 N–H and O–H groups in total. The third-order valence-corrected chi connectivity index (χ3v) is 7.92. The van der Waals surface area contributed by atoms with Crippen molar-refractivity contribution >= 4 is 23.9 Å². The van der Waals surface area contributed by atoms with Crippen molar-refractivity contribution in [1.29, 1.82) is 0 Å². The first-order chi connectivity index (χ1) is 20.9. The van der Waals surface area contributed by atoms with Crippen LogP contribution >= 0.6 is 0 Å². The number of hydrogen-bond donors (Lipinski definition) is 3. The highest BCUT2D eigenvalue weighted by molar-refractivity contribution is 5.86. The molecule has 1 spiro atoms. The Balaban J connectivity index is 1.45. The number of benzene rings is 2. The van der Waals surface area contributed by atoms with Crippen LogP contribution in [0.2, 0.25) is 0 Å². The van der Waals surface area contributed by atoms with Crippen molar-refractivity contribution in [3.05, 3.63) is 83.9 Å². The Morgan fingerprint density at radius 1 is 0.977 bits per heavy atom. The van der Waals surface area contributed by atoms with Gasteiger partial charge < -0.3 is 30.1 Å². The smallest absolute Gasteiger partial charge is 0.408 e. The Labute approximate surface area is 252 Å². The Hall–Kier alpha value is -4.18. The standard InChI is InChI=1S/C33H41N3O7/c37-20-19-36(22-25-11-3-1-4-12-25)29(38)21-27-15-7-8-16-28(34-32(41)42-23-26-13-5-2-6-14-26)31(40)43-24-33(35-30(27)39)17-9-10-18-33/h1-8,11-14,27-28,37H,9-10,15-24H2,(H,34,41)(H,35,39). The number of hydrogen-bond acceptors (Lipinski definition) is 7. The predicted molar refractivity (Wildman–Crippen MR) is 159 cm³/mol. The van der Waals surface area contributed by atoms with Crippen molar-refractivity contribution in [2.45, 2.75) is 69.7 Å². The molecule has 10 heteroatoms. The first-order valence-corrected chi connectivity index (χ1v) is 14.9. The van der Waals surface area contributed by atoms with Gasteiger partial charge in [-0.3, -0.25) is 9.59 Å². The number of aliphatic hydroxyl groups excluding tert-OH is 1. The number of nitrogens with one attached hydrogen (secondary N) is 2. The van der Waals surface area contributed by atoms with Gasteiger partial charge in [0.1, 0.15) is 19.3 Å². The summed E-state index contributed by atoms with van der Waals surface area (Å²) in [6.45, 7) is 0.339. The summed E-state index contributed by atoms with van der Waals surface area (Å²) in [6, 6.07) is 17.8. The van der Waals surface area contributed by atoms with Gasteiger partial charge in [-0.15, -0.1) is 0 Å². The van der Waals surface area contributed by atoms with Crippen molar-refractivity contribution in [2.75, 3.05) is 19.8 Å². The zero-order valence-electron chi connectivity index (χ0n) is 24.4. The summed E-state index contributed by atoms with van der Waals surface area (Å²) in [7, 11) is 0. The normalized spacial score (nSPS) is 20.3. The van der Waals surface area contributed by atoms with Crippen LogP contribution in [0.1, 0.15) is 56.1 Å². The van der Waals surface area contributed by atoms with E-state index in [0.29, 0.717) is 19.4 Å². The van der Waals surface area contributed by atoms with Gasteiger partial charge in [0, 0.05) is 19.5 Å². The van der Waals surface area contributed by atoms with E-state index in [0.717, 1.165) is 24.0 Å². The van der Waals surface area contributed by atoms with Crippen LogP contribution in [-0.4, -0.2) is 65.2 Å². The number of alkyl carbamates (subject to hydrolysis) is 1. The minimum atomic E-state index is -0.973. The second kappa shape index (κ2) is 15.9. The van der Waals surface area contributed by atoms with Crippen LogP contribution in [0, 0.1) is 5.92 Å². The van der Waals surface area contributed by atoms with E-state index in [9.17, 15) is 24.3 Å². The Morgan fingerprint density at radius 3 is 2.30 bits per heavy atom. The lowest BCUT2D eigenvalue weighted by Gasteiger charge is -2.33. The molecular formula is C33H41N3O7. The lowest BCUT2D eigenvalue weighted by molar-refractivity contribution is -0.149. The molecule has 1 fully saturated rings. The monoisotopic (exact) mass is 591 g/mol. The van der Waals surface area contributed by atoms with Gasteiger partial charge in [-0.25, -0.2) is 9.59 Å². The Kier molecular flexibility index (Phi) is 11.7. The highest BCUT2D eigenvalue weighted by Gasteiger charge is 2.39. The fourth-order valence-electron chi connectivity index (χ4n) is 5.48. The zero-order valence-corrected chi connectivity index (χ0v) is 24.4. The third-order valence-electron chi connectivity index (χ3n) is 7.92. The van der Waals surface area contributed by atoms with E-state index in [1.54, 1.807) is 17.1 Å². The number of rotatable bonds is 9. The van der Waals surface area contributed by atoms with Gasteiger partial charge in [-0.2, -0.15) is 0 Å². The van der Waals surface area contributed by atoms with Gasteiger partial charge in [0.05, 0.1) is 18.1 Å². The fraction of sp³-hybridized carbons (Fsp3) is 0.455. The number of aliphatic hydroxyl groups is 1. The summed E-state index contributed by atoms with van der Waals surface area (Å²) < 4.78 is 11.0. The summed E-state index contributed by atoms with van der Waals surface area (Å²) in [4.78, 5) is 54.1. The summed E-state index contributed by atoms with van der Waals surface area (Å²) in [5.41, 5.74) is 1.02. The number of amides is 3. The zero-order chi connectivity index (χ0) is 30.5. The highest BCUT2D eigenvalue weighted by atomic mass is 16.6. The number of ether oxygens (including phenoxy) is 2. The summed E-state index contributed by atoms with van der Waals surface area (Å²) in [6.07, 6.45) is 6.13. The molecule has 3 amide bonds. The van der Waals surface area contributed by atoms with Crippen molar-refractivity contribution in [2.24, 2.45) is 5.92 Å². The molecule has 1 saturated carbocycles. The van der Waals surface area contributed by atoms with Gasteiger partial charge in [0.2, 0.25) is 11.8 Å². The van der Waals surface area contributed by atoms with Crippen LogP contribution in [0.3, 0.4) is 0 Å². The molecule has 1 heterocycles. The van der Waals surface area contributed by atoms with Crippen molar-refractivity contribution in [3.8, 4) is 0 Å². The molecule has 2 atom stereocenters. The molecule has 1 aliphatic heterocycles. The van der Waals surface area contributed by atoms with E-state index in [2.05, 4.69) is 10.6 Å². The van der Waals surface area contributed by atoms with E-state index in [-0.39, 0.29) is 57.4 Å². The molecule has 1 aliphatic carbocycles. The Morgan fingerprint density at radius 2 is 1.63 bits per heavy atom. The van der Waals surface area contributed by atoms with Crippen LogP contribution in [0.15, 0.2) is 72.8 Å². The maximum absolute atomic E-state index is 13.6. The topological polar surface area (TPSA) is 134 Å². The van der Waals surface area contributed by atoms with Crippen LogP contribution in [0.4, 0.5) is 4.79 Å². The summed E-state index contributed by atoms with van der Waals surface area (Å²) in [5, 5.41) is 15.3. The number of nitrogens with zero attached hydrogens (tertiary/aromatic N) is 1. The lowest BCUT2D eigenvalue weighted by Crippen LogP contribution is -2.53. The lowest BCUT2D eigenvalue weighted by atomic mass is 9.93. The molecule has 0 saturated heterocycles. The number of allylic oxidation sites excluding steroid dienone is 1. The summed E-state index contributed by atoms with van der Waals surface area (Å²) >= 11 is 0. The molecule has 2 aromatic rings. The number of cyclic esters (lactones) is 1. The van der Waals surface area contributed by atoms with E-state index in [1.807, 2.05) is 60.7 Å². The van der Waals surface area contributed by atoms with Crippen LogP contribution in [-0.2, 0) is 37.0 Å². The number of esters is 1. The van der Waals surface area contributed by atoms with Gasteiger partial charge in [0.15, 0.2) is 0 Å². The molecule has 0 radical (unpaired) electrons. The predicted octanol–water partition coefficient (Wildman–Crippen LogP) is 3.63. The van der Waals surface area contributed by atoms with Gasteiger partial charge in [-0.05, 0) is 36.8 Å². The maximum Gasteiger partial charge on any atom is 0.408 e. The quantitative estimate of drug-likeness (QED) is 0.300. The fourth-order valence-corrected chi connectivity index (χ4v) is 5.48. The van der Waals surface area contributed by atoms with Crippen molar-refractivity contribution in [1.82, 2.24) is 15.5 Å². The molecular weight excluding hydrogens is 550 g/mol. The molecule has 43 heavy (non-hydrogen) atoms. The Bertz CT molecular complexity index is 1250. The number of carbonyl (C=O) groups is 4. The largest absolute Gasteiger partial charge is 0.462 e. The highest BCUT2D eigenvalue weighted by Crippen LogP contribution is 2.31. The van der Waals surface area contributed by atoms with Crippen LogP contribution in [0.25, 0.3) is 0 Å². The van der Waals surface area contributed by atoms with Crippen molar-refractivity contribution < 1.29 is 33.8 Å². The van der Waals surface area contributed by atoms with Crippen molar-refractivity contribution in [3.63, 3.8) is 0 Å². The van der Waals surface area contributed by atoms with E-state index in [4.69, 9.17) is 9.47 Å². The third kappa shape index (κ3) is 9.68. The SMILES string of the molecule is O=C(NC1CC=CCC(CC(=O)N(CCO)Cc2ccccc2)C(=O)NC2(CCCC2)COC1=O)OCc1ccccc1. The first kappa shape index (κ1) is 31.7. The van der Waals surface area contributed by atoms with Crippen LogP contribution < -0.4 is 10.6 Å². The minimum absolute atomic E-state index is 0.0240. The first-order valence-electron chi connectivity index (χ1n) is 14.9. The minimum Gasteiger partial charge on any atom is -0.462 e. The average Bonchev–Trinajstić information content (AvgIpc) is 3.48. The molecule has 2 unspecified atom stereocenters. The van der Waals surface area contributed by atoms with E-state index >= 15 is 0 Å². The average molecular weight is 592 g/mol. The molecule has 230 valence electrons. The van der Waals surface area contributed by atoms with E-state index < -0.39 is 29.6 Å². The van der Waals surface area contributed by atoms with Gasteiger partial charge >= 0.3 is 12.1 Å².